The van der Waals surface area contributed by atoms with Gasteiger partial charge in [-0.15, -0.1) is 0 Å². The molecule has 0 heterocycles. The third-order valence-corrected chi connectivity index (χ3v) is 3.89. The van der Waals surface area contributed by atoms with Crippen molar-refractivity contribution in [1.82, 2.24) is 0 Å². The number of carbonyl (C=O) groups is 1. The van der Waals surface area contributed by atoms with Gasteiger partial charge in [-0.05, 0) is 23.5 Å². The van der Waals surface area contributed by atoms with Gasteiger partial charge in [-0.3, -0.25) is 4.79 Å². The molecule has 0 amide bonds. The predicted octanol–water partition coefficient (Wildman–Crippen LogP) is 4.14. The smallest absolute Gasteiger partial charge is 0.148 e. The molecule has 1 aromatic carbocycles. The second kappa shape index (κ2) is 5.48. The maximum absolute atomic E-state index is 12.2. The largest absolute Gasteiger partial charge is 0.298 e. The summed E-state index contributed by atoms with van der Waals surface area (Å²) < 4.78 is 0. The summed E-state index contributed by atoms with van der Waals surface area (Å²) in [5.74, 6) is 0.792. The molecule has 1 unspecified atom stereocenters. The topological polar surface area (TPSA) is 17.1 Å². The number of benzene rings is 1. The molecule has 1 atom stereocenters. The van der Waals surface area contributed by atoms with Crippen molar-refractivity contribution in [3.63, 3.8) is 0 Å². The molecule has 94 valence electrons. The van der Waals surface area contributed by atoms with Gasteiger partial charge < -0.3 is 0 Å². The average molecular weight is 232 g/mol. The molecule has 0 aliphatic heterocycles. The van der Waals surface area contributed by atoms with E-state index in [9.17, 15) is 4.79 Å². The minimum absolute atomic E-state index is 0.212. The van der Waals surface area contributed by atoms with Crippen molar-refractivity contribution >= 4 is 5.78 Å². The highest BCUT2D eigenvalue weighted by atomic mass is 16.1. The van der Waals surface area contributed by atoms with Gasteiger partial charge in [0.1, 0.15) is 5.78 Å². The van der Waals surface area contributed by atoms with Crippen LogP contribution >= 0.6 is 0 Å². The summed E-state index contributed by atoms with van der Waals surface area (Å²) in [6.07, 6.45) is 1.54. The van der Waals surface area contributed by atoms with Crippen molar-refractivity contribution in [3.05, 3.63) is 35.4 Å². The van der Waals surface area contributed by atoms with Crippen molar-refractivity contribution < 1.29 is 4.79 Å². The number of rotatable bonds is 2. The molecule has 0 N–H and O–H groups in total. The summed E-state index contributed by atoms with van der Waals surface area (Å²) >= 11 is 0. The second-order valence-corrected chi connectivity index (χ2v) is 4.74. The molecule has 1 aliphatic carbocycles. The summed E-state index contributed by atoms with van der Waals surface area (Å²) in [4.78, 5) is 12.2. The first kappa shape index (κ1) is 14.0. The lowest BCUT2D eigenvalue weighted by Gasteiger charge is -2.31. The highest BCUT2D eigenvalue weighted by Crippen LogP contribution is 2.44. The van der Waals surface area contributed by atoms with Crippen LogP contribution in [-0.4, -0.2) is 5.78 Å². The summed E-state index contributed by atoms with van der Waals surface area (Å²) in [7, 11) is 0. The Hall–Kier alpha value is -1.11. The van der Waals surface area contributed by atoms with Crippen LogP contribution in [0.2, 0.25) is 0 Å². The van der Waals surface area contributed by atoms with Crippen LogP contribution in [0, 0.1) is 5.92 Å². The van der Waals surface area contributed by atoms with Crippen molar-refractivity contribution in [1.29, 1.82) is 0 Å². The highest BCUT2D eigenvalue weighted by molar-refractivity contribution is 5.96. The molecule has 17 heavy (non-hydrogen) atoms. The van der Waals surface area contributed by atoms with Crippen LogP contribution in [0.5, 0.6) is 0 Å². The van der Waals surface area contributed by atoms with Crippen LogP contribution in [0.25, 0.3) is 0 Å². The van der Waals surface area contributed by atoms with Gasteiger partial charge in [0.2, 0.25) is 0 Å². The fourth-order valence-corrected chi connectivity index (χ4v) is 3.02. The van der Waals surface area contributed by atoms with Gasteiger partial charge in [0.25, 0.3) is 0 Å². The van der Waals surface area contributed by atoms with E-state index in [4.69, 9.17) is 0 Å². The molecule has 1 nitrogen and oxygen atoms in total. The lowest BCUT2D eigenvalue weighted by Crippen LogP contribution is -2.36. The van der Waals surface area contributed by atoms with Crippen LogP contribution < -0.4 is 0 Å². The number of hydrogen-bond donors (Lipinski definition) is 0. The quantitative estimate of drug-likeness (QED) is 0.749. The first-order chi connectivity index (χ1) is 8.13. The van der Waals surface area contributed by atoms with Crippen molar-refractivity contribution in [3.8, 4) is 0 Å². The Kier molecular flexibility index (Phi) is 4.50. The van der Waals surface area contributed by atoms with Crippen molar-refractivity contribution in [2.75, 3.05) is 0 Å². The van der Waals surface area contributed by atoms with Gasteiger partial charge in [-0.25, -0.2) is 0 Å². The summed E-state index contributed by atoms with van der Waals surface area (Å²) in [6.45, 7) is 10.4. The van der Waals surface area contributed by atoms with Gasteiger partial charge in [0.05, 0.1) is 5.41 Å². The Morgan fingerprint density at radius 2 is 1.82 bits per heavy atom. The number of Topliss-reactive ketones (excluding diaryl/α,β-unsaturated/α-hetero) is 1. The highest BCUT2D eigenvalue weighted by Gasteiger charge is 2.46. The molecule has 1 aliphatic rings. The molecular formula is C16H24O. The first-order valence-corrected chi connectivity index (χ1v) is 6.74. The van der Waals surface area contributed by atoms with E-state index in [1.165, 1.54) is 11.1 Å². The lowest BCUT2D eigenvalue weighted by atomic mass is 9.70. The van der Waals surface area contributed by atoms with Gasteiger partial charge in [0.15, 0.2) is 0 Å². The normalized spacial score (nSPS) is 22.1. The zero-order valence-electron chi connectivity index (χ0n) is 11.7. The van der Waals surface area contributed by atoms with Crippen LogP contribution in [0.4, 0.5) is 0 Å². The monoisotopic (exact) mass is 232 g/mol. The number of ketones is 1. The van der Waals surface area contributed by atoms with Gasteiger partial charge in [-0.2, -0.15) is 0 Å². The summed E-state index contributed by atoms with van der Waals surface area (Å²) in [5, 5.41) is 0. The Labute approximate surface area is 105 Å². The van der Waals surface area contributed by atoms with E-state index in [-0.39, 0.29) is 5.41 Å². The third kappa shape index (κ3) is 2.03. The van der Waals surface area contributed by atoms with E-state index in [1.807, 2.05) is 26.0 Å². The SMILES string of the molecule is CC.CCC1(C(C)C)C(=O)Cc2ccccc21. The molecule has 0 aromatic heterocycles. The number of carbonyl (C=O) groups excluding carboxylic acids is 1. The molecule has 0 spiro atoms. The fourth-order valence-electron chi connectivity index (χ4n) is 3.02. The Bertz CT molecular complexity index is 392. The van der Waals surface area contributed by atoms with Gasteiger partial charge in [0, 0.05) is 6.42 Å². The van der Waals surface area contributed by atoms with E-state index in [1.54, 1.807) is 0 Å². The zero-order chi connectivity index (χ0) is 13.1. The molecule has 1 aromatic rings. The maximum atomic E-state index is 12.2. The standard InChI is InChI=1S/C14H18O.C2H6/c1-4-14(10(2)3)12-8-6-5-7-11(12)9-13(14)15;1-2/h5-8,10H,4,9H2,1-3H3;1-2H3. The van der Waals surface area contributed by atoms with Crippen LogP contribution in [0.3, 0.4) is 0 Å². The maximum Gasteiger partial charge on any atom is 0.148 e. The Morgan fingerprint density at radius 1 is 1.24 bits per heavy atom. The number of fused-ring (bicyclic) bond motifs is 1. The molecule has 0 bridgehead atoms. The number of hydrogen-bond acceptors (Lipinski definition) is 1. The second-order valence-electron chi connectivity index (χ2n) is 4.74. The van der Waals surface area contributed by atoms with E-state index in [0.29, 0.717) is 18.1 Å². The van der Waals surface area contributed by atoms with Crippen LogP contribution in [0.1, 0.15) is 52.2 Å². The minimum atomic E-state index is -0.212. The predicted molar refractivity (Wildman–Crippen MR) is 73.3 cm³/mol. The van der Waals surface area contributed by atoms with Crippen molar-refractivity contribution in [2.45, 2.75) is 52.9 Å². The Morgan fingerprint density at radius 3 is 2.35 bits per heavy atom. The lowest BCUT2D eigenvalue weighted by molar-refractivity contribution is -0.124. The zero-order valence-corrected chi connectivity index (χ0v) is 11.7. The Balaban J connectivity index is 0.000000686. The van der Waals surface area contributed by atoms with Gasteiger partial charge in [-0.1, -0.05) is 58.9 Å². The fraction of sp³-hybridized carbons (Fsp3) is 0.562. The van der Waals surface area contributed by atoms with E-state index >= 15 is 0 Å². The van der Waals surface area contributed by atoms with Gasteiger partial charge >= 0.3 is 0 Å². The molecule has 0 saturated carbocycles. The van der Waals surface area contributed by atoms with Crippen molar-refractivity contribution in [2.24, 2.45) is 5.92 Å². The molecule has 1 heteroatoms. The molecule has 0 saturated heterocycles. The first-order valence-electron chi connectivity index (χ1n) is 6.74. The molecule has 0 radical (unpaired) electrons. The average Bonchev–Trinajstić information content (AvgIpc) is 2.64. The third-order valence-electron chi connectivity index (χ3n) is 3.89. The molecule has 0 fully saturated rings. The summed E-state index contributed by atoms with van der Waals surface area (Å²) in [6, 6.07) is 8.29. The minimum Gasteiger partial charge on any atom is -0.298 e. The van der Waals surface area contributed by atoms with Crippen LogP contribution in [-0.2, 0) is 16.6 Å². The van der Waals surface area contributed by atoms with E-state index < -0.39 is 0 Å². The van der Waals surface area contributed by atoms with E-state index in [2.05, 4.69) is 32.9 Å². The van der Waals surface area contributed by atoms with Crippen LogP contribution in [0.15, 0.2) is 24.3 Å². The van der Waals surface area contributed by atoms with E-state index in [0.717, 1.165) is 6.42 Å². The summed E-state index contributed by atoms with van der Waals surface area (Å²) in [5.41, 5.74) is 2.29. The molecule has 2 rings (SSSR count). The molecular weight excluding hydrogens is 208 g/mol.